The van der Waals surface area contributed by atoms with Gasteiger partial charge in [0.15, 0.2) is 0 Å². The number of methoxy groups -OCH3 is 1. The van der Waals surface area contributed by atoms with Crippen LogP contribution in [0.2, 0.25) is 0 Å². The third-order valence-corrected chi connectivity index (χ3v) is 4.14. The summed E-state index contributed by atoms with van der Waals surface area (Å²) in [4.78, 5) is 23.4. The maximum absolute atomic E-state index is 12.4. The van der Waals surface area contributed by atoms with Crippen molar-refractivity contribution in [2.45, 2.75) is 38.1 Å². The fraction of sp³-hybridized carbons (Fsp3) is 0.529. The third-order valence-electron chi connectivity index (χ3n) is 4.14. The van der Waals surface area contributed by atoms with Crippen molar-refractivity contribution in [2.75, 3.05) is 13.7 Å². The lowest BCUT2D eigenvalue weighted by atomic mass is 9.98. The molecule has 0 spiro atoms. The Kier molecular flexibility index (Phi) is 4.86. The normalized spacial score (nSPS) is 22.7. The molecule has 0 aliphatic heterocycles. The van der Waals surface area contributed by atoms with Gasteiger partial charge in [-0.1, -0.05) is 24.3 Å². The molecule has 1 aromatic carbocycles. The predicted molar refractivity (Wildman–Crippen MR) is 82.7 cm³/mol. The highest BCUT2D eigenvalue weighted by molar-refractivity contribution is 5.84. The van der Waals surface area contributed by atoms with Crippen LogP contribution in [0.3, 0.4) is 0 Å². The molecule has 0 saturated heterocycles. The number of aliphatic carboxylic acids is 1. The highest BCUT2D eigenvalue weighted by atomic mass is 16.5. The standard InChI is InChI=1S/C17H23NO4/c1-11-6-4-5-7-12(11)13-8-14(13)16(21)18-17(2,10-22-3)9-15(19)20/h4-7,13-14H,8-10H2,1-3H3,(H,18,21)(H,19,20). The Bertz CT molecular complexity index is 572. The zero-order valence-corrected chi connectivity index (χ0v) is 13.3. The van der Waals surface area contributed by atoms with E-state index in [1.165, 1.54) is 18.2 Å². The predicted octanol–water partition coefficient (Wildman–Crippen LogP) is 2.09. The van der Waals surface area contributed by atoms with Crippen LogP contribution in [0.1, 0.15) is 36.8 Å². The summed E-state index contributed by atoms with van der Waals surface area (Å²) in [6.07, 6.45) is 0.654. The Morgan fingerprint density at radius 1 is 1.41 bits per heavy atom. The molecule has 120 valence electrons. The van der Waals surface area contributed by atoms with Crippen molar-refractivity contribution in [3.05, 3.63) is 35.4 Å². The van der Waals surface area contributed by atoms with Crippen LogP contribution in [0, 0.1) is 12.8 Å². The molecule has 0 bridgehead atoms. The van der Waals surface area contributed by atoms with Gasteiger partial charge in [-0.3, -0.25) is 9.59 Å². The Hall–Kier alpha value is -1.88. The molecule has 0 heterocycles. The number of carboxylic acid groups (broad SMARTS) is 1. The van der Waals surface area contributed by atoms with Gasteiger partial charge in [0.05, 0.1) is 18.6 Å². The van der Waals surface area contributed by atoms with Gasteiger partial charge in [0.1, 0.15) is 0 Å². The van der Waals surface area contributed by atoms with Gasteiger partial charge in [-0.2, -0.15) is 0 Å². The number of rotatable bonds is 7. The van der Waals surface area contributed by atoms with E-state index in [1.807, 2.05) is 25.1 Å². The third kappa shape index (κ3) is 3.85. The van der Waals surface area contributed by atoms with Gasteiger partial charge in [-0.15, -0.1) is 0 Å². The molecule has 0 aromatic heterocycles. The Balaban J connectivity index is 2.01. The number of hydrogen-bond acceptors (Lipinski definition) is 3. The molecule has 3 atom stereocenters. The topological polar surface area (TPSA) is 75.6 Å². The van der Waals surface area contributed by atoms with Gasteiger partial charge < -0.3 is 15.2 Å². The Morgan fingerprint density at radius 3 is 2.68 bits per heavy atom. The molecule has 2 rings (SSSR count). The minimum atomic E-state index is -0.953. The fourth-order valence-electron chi connectivity index (χ4n) is 3.01. The lowest BCUT2D eigenvalue weighted by Crippen LogP contribution is -2.51. The monoisotopic (exact) mass is 305 g/mol. The van der Waals surface area contributed by atoms with E-state index in [1.54, 1.807) is 6.92 Å². The van der Waals surface area contributed by atoms with Gasteiger partial charge >= 0.3 is 5.97 Å². The second-order valence-corrected chi connectivity index (χ2v) is 6.36. The Labute approximate surface area is 130 Å². The van der Waals surface area contributed by atoms with E-state index in [9.17, 15) is 9.59 Å². The first-order valence-corrected chi connectivity index (χ1v) is 7.44. The first kappa shape index (κ1) is 16.5. The molecule has 0 radical (unpaired) electrons. The number of aryl methyl sites for hydroxylation is 1. The van der Waals surface area contributed by atoms with Crippen LogP contribution >= 0.6 is 0 Å². The first-order chi connectivity index (χ1) is 10.4. The number of nitrogens with one attached hydrogen (secondary N) is 1. The maximum Gasteiger partial charge on any atom is 0.305 e. The van der Waals surface area contributed by atoms with E-state index in [-0.39, 0.29) is 30.8 Å². The van der Waals surface area contributed by atoms with Crippen molar-refractivity contribution in [3.63, 3.8) is 0 Å². The molecule has 1 aliphatic carbocycles. The van der Waals surface area contributed by atoms with Gasteiger partial charge in [0, 0.05) is 13.0 Å². The van der Waals surface area contributed by atoms with Gasteiger partial charge in [-0.05, 0) is 37.3 Å². The minimum Gasteiger partial charge on any atom is -0.481 e. The van der Waals surface area contributed by atoms with Crippen molar-refractivity contribution in [1.82, 2.24) is 5.32 Å². The van der Waals surface area contributed by atoms with E-state index in [0.717, 1.165) is 6.42 Å². The number of carbonyl (C=O) groups excluding carboxylic acids is 1. The van der Waals surface area contributed by atoms with Crippen LogP contribution in [-0.4, -0.2) is 36.2 Å². The van der Waals surface area contributed by atoms with Crippen LogP contribution in [0.15, 0.2) is 24.3 Å². The fourth-order valence-corrected chi connectivity index (χ4v) is 3.01. The van der Waals surface area contributed by atoms with Crippen LogP contribution in [0.25, 0.3) is 0 Å². The molecule has 22 heavy (non-hydrogen) atoms. The molecular weight excluding hydrogens is 282 g/mol. The van der Waals surface area contributed by atoms with Crippen LogP contribution in [-0.2, 0) is 14.3 Å². The summed E-state index contributed by atoms with van der Waals surface area (Å²) in [5, 5.41) is 11.9. The summed E-state index contributed by atoms with van der Waals surface area (Å²) in [5.41, 5.74) is 1.51. The second kappa shape index (κ2) is 6.48. The van der Waals surface area contributed by atoms with Crippen molar-refractivity contribution >= 4 is 11.9 Å². The van der Waals surface area contributed by atoms with Crippen LogP contribution in [0.4, 0.5) is 0 Å². The van der Waals surface area contributed by atoms with Crippen LogP contribution < -0.4 is 5.32 Å². The van der Waals surface area contributed by atoms with E-state index < -0.39 is 11.5 Å². The van der Waals surface area contributed by atoms with Crippen LogP contribution in [0.5, 0.6) is 0 Å². The second-order valence-electron chi connectivity index (χ2n) is 6.36. The number of carbonyl (C=O) groups is 2. The molecule has 1 saturated carbocycles. The van der Waals surface area contributed by atoms with E-state index in [4.69, 9.17) is 9.84 Å². The van der Waals surface area contributed by atoms with E-state index in [2.05, 4.69) is 11.4 Å². The summed E-state index contributed by atoms with van der Waals surface area (Å²) in [6.45, 7) is 3.92. The molecule has 1 aliphatic rings. The van der Waals surface area contributed by atoms with E-state index >= 15 is 0 Å². The average Bonchev–Trinajstić information content (AvgIpc) is 3.18. The van der Waals surface area contributed by atoms with Gasteiger partial charge in [0.25, 0.3) is 0 Å². The average molecular weight is 305 g/mol. The van der Waals surface area contributed by atoms with Crippen molar-refractivity contribution in [2.24, 2.45) is 5.92 Å². The Morgan fingerprint density at radius 2 is 2.09 bits per heavy atom. The maximum atomic E-state index is 12.4. The van der Waals surface area contributed by atoms with Crippen molar-refractivity contribution < 1.29 is 19.4 Å². The number of benzene rings is 1. The quantitative estimate of drug-likeness (QED) is 0.809. The summed E-state index contributed by atoms with van der Waals surface area (Å²) in [5.74, 6) is -0.885. The summed E-state index contributed by atoms with van der Waals surface area (Å²) >= 11 is 0. The van der Waals surface area contributed by atoms with Gasteiger partial charge in [0.2, 0.25) is 5.91 Å². The first-order valence-electron chi connectivity index (χ1n) is 7.44. The summed E-state index contributed by atoms with van der Waals surface area (Å²) < 4.78 is 5.06. The molecule has 1 fully saturated rings. The van der Waals surface area contributed by atoms with Gasteiger partial charge in [-0.25, -0.2) is 0 Å². The molecule has 5 heteroatoms. The molecule has 3 unspecified atom stereocenters. The molecule has 1 amide bonds. The zero-order valence-electron chi connectivity index (χ0n) is 13.3. The smallest absolute Gasteiger partial charge is 0.305 e. The lowest BCUT2D eigenvalue weighted by Gasteiger charge is -2.28. The number of hydrogen-bond donors (Lipinski definition) is 2. The number of amides is 1. The lowest BCUT2D eigenvalue weighted by molar-refractivity contribution is -0.139. The molecule has 1 aromatic rings. The van der Waals surface area contributed by atoms with E-state index in [0.29, 0.717) is 0 Å². The number of carboxylic acids is 1. The minimum absolute atomic E-state index is 0.0777. The van der Waals surface area contributed by atoms with Crippen molar-refractivity contribution in [3.8, 4) is 0 Å². The van der Waals surface area contributed by atoms with Crippen molar-refractivity contribution in [1.29, 1.82) is 0 Å². The SMILES string of the molecule is COCC(C)(CC(=O)O)NC(=O)C1CC1c1ccccc1C. The molecular formula is C17H23NO4. The molecule has 5 nitrogen and oxygen atoms in total. The summed E-state index contributed by atoms with van der Waals surface area (Å²) in [6, 6.07) is 8.06. The highest BCUT2D eigenvalue weighted by Gasteiger charge is 2.46. The number of ether oxygens (including phenoxy) is 1. The molecule has 2 N–H and O–H groups in total. The zero-order chi connectivity index (χ0) is 16.3. The highest BCUT2D eigenvalue weighted by Crippen LogP contribution is 2.48. The largest absolute Gasteiger partial charge is 0.481 e. The summed E-state index contributed by atoms with van der Waals surface area (Å²) in [7, 11) is 1.50.